The van der Waals surface area contributed by atoms with Crippen LogP contribution in [0.1, 0.15) is 23.7 Å². The summed E-state index contributed by atoms with van der Waals surface area (Å²) in [4.78, 5) is 11.1. The third-order valence-electron chi connectivity index (χ3n) is 3.80. The molecule has 1 heterocycles. The van der Waals surface area contributed by atoms with Gasteiger partial charge in [-0.3, -0.25) is 10.1 Å². The Morgan fingerprint density at radius 2 is 2.00 bits per heavy atom. The second-order valence-electron chi connectivity index (χ2n) is 5.57. The highest BCUT2D eigenvalue weighted by Crippen LogP contribution is 2.39. The molecule has 0 radical (unpaired) electrons. The normalized spacial score (nSPS) is 15.8. The van der Waals surface area contributed by atoms with E-state index in [9.17, 15) is 10.1 Å². The number of hydrogen-bond acceptors (Lipinski definition) is 5. The summed E-state index contributed by atoms with van der Waals surface area (Å²) >= 11 is 3.36. The van der Waals surface area contributed by atoms with Gasteiger partial charge in [-0.25, -0.2) is 0 Å². The van der Waals surface area contributed by atoms with Crippen LogP contribution < -0.4 is 15.2 Å². The van der Waals surface area contributed by atoms with Gasteiger partial charge in [0.1, 0.15) is 11.5 Å². The maximum atomic E-state index is 11.5. The zero-order chi connectivity index (χ0) is 17.8. The number of ether oxygens (including phenoxy) is 2. The fourth-order valence-corrected chi connectivity index (χ4v) is 2.82. The summed E-state index contributed by atoms with van der Waals surface area (Å²) < 4.78 is 12.4. The molecule has 0 amide bonds. The third-order valence-corrected chi connectivity index (χ3v) is 4.33. The van der Waals surface area contributed by atoms with E-state index in [4.69, 9.17) is 15.2 Å². The summed E-state index contributed by atoms with van der Waals surface area (Å²) in [5, 5.41) is 11.5. The number of halogens is 1. The van der Waals surface area contributed by atoms with E-state index < -0.39 is 11.0 Å². The number of rotatable bonds is 6. The van der Waals surface area contributed by atoms with Crippen molar-refractivity contribution in [2.45, 2.75) is 12.5 Å². The number of nitrogens with zero attached hydrogens (tertiary/aromatic N) is 1. The zero-order valence-corrected chi connectivity index (χ0v) is 14.9. The molecule has 2 N–H and O–H groups in total. The van der Waals surface area contributed by atoms with Crippen LogP contribution in [0.3, 0.4) is 0 Å². The van der Waals surface area contributed by atoms with Gasteiger partial charge in [-0.05, 0) is 43.3 Å². The summed E-state index contributed by atoms with van der Waals surface area (Å²) in [6.07, 6.45) is 1.54. The Hall–Kier alpha value is -2.38. The monoisotopic (exact) mass is 404 g/mol. The quantitative estimate of drug-likeness (QED) is 0.447. The highest BCUT2D eigenvalue weighted by Gasteiger charge is 2.33. The van der Waals surface area contributed by atoms with Crippen molar-refractivity contribution < 1.29 is 14.4 Å². The van der Waals surface area contributed by atoms with Gasteiger partial charge in [0.15, 0.2) is 0 Å². The number of fused-ring (bicyclic) bond motifs is 1. The Kier molecular flexibility index (Phi) is 5.35. The van der Waals surface area contributed by atoms with Crippen LogP contribution in [0.2, 0.25) is 0 Å². The first-order valence-electron chi connectivity index (χ1n) is 7.83. The number of nitrogens with two attached hydrogens (primary N) is 1. The average molecular weight is 405 g/mol. The van der Waals surface area contributed by atoms with Gasteiger partial charge >= 0.3 is 0 Å². The van der Waals surface area contributed by atoms with E-state index in [2.05, 4.69) is 15.9 Å². The highest BCUT2D eigenvalue weighted by atomic mass is 79.9. The van der Waals surface area contributed by atoms with Crippen LogP contribution in [0.25, 0.3) is 6.08 Å². The van der Waals surface area contributed by atoms with Gasteiger partial charge in [-0.15, -0.1) is 0 Å². The topological polar surface area (TPSA) is 87.6 Å². The molecule has 2 aromatic rings. The third kappa shape index (κ3) is 4.00. The minimum Gasteiger partial charge on any atom is -0.494 e. The van der Waals surface area contributed by atoms with Crippen LogP contribution >= 0.6 is 15.9 Å². The van der Waals surface area contributed by atoms with Gasteiger partial charge in [0.25, 0.3) is 5.70 Å². The van der Waals surface area contributed by atoms with E-state index in [0.717, 1.165) is 16.5 Å². The van der Waals surface area contributed by atoms with E-state index >= 15 is 0 Å². The predicted molar refractivity (Wildman–Crippen MR) is 98.1 cm³/mol. The molecule has 0 bridgehead atoms. The molecule has 2 aromatic carbocycles. The molecule has 1 unspecified atom stereocenters. The van der Waals surface area contributed by atoms with Gasteiger partial charge in [0.2, 0.25) is 6.10 Å². The van der Waals surface area contributed by atoms with E-state index in [0.29, 0.717) is 30.2 Å². The maximum absolute atomic E-state index is 11.5. The molecule has 1 aliphatic rings. The summed E-state index contributed by atoms with van der Waals surface area (Å²) in [6.45, 7) is 1.05. The number of hydrogen-bond donors (Lipinski definition) is 1. The minimum absolute atomic E-state index is 0.00562. The summed E-state index contributed by atoms with van der Waals surface area (Å²) in [7, 11) is 0. The SMILES string of the molecule is NCCCOc1ccc2c(c1)C=C([N+](=O)[O-])C(c1ccc(Br)cc1)O2. The lowest BCUT2D eigenvalue weighted by Crippen LogP contribution is -2.19. The van der Waals surface area contributed by atoms with Crippen molar-refractivity contribution in [3.05, 3.63) is 73.9 Å². The van der Waals surface area contributed by atoms with Crippen LogP contribution in [0.5, 0.6) is 11.5 Å². The standard InChI is InChI=1S/C18H17BrN2O4/c19-14-4-2-12(3-5-14)18-16(21(22)23)11-13-10-15(24-9-1-8-20)6-7-17(13)25-18/h2-7,10-11,18H,1,8-9,20H2. The van der Waals surface area contributed by atoms with E-state index in [1.54, 1.807) is 36.4 Å². The molecule has 6 nitrogen and oxygen atoms in total. The Morgan fingerprint density at radius 3 is 2.68 bits per heavy atom. The molecule has 0 fully saturated rings. The molecule has 0 aromatic heterocycles. The molecule has 1 atom stereocenters. The van der Waals surface area contributed by atoms with E-state index in [1.165, 1.54) is 0 Å². The maximum Gasteiger partial charge on any atom is 0.291 e. The molecule has 25 heavy (non-hydrogen) atoms. The number of nitro groups is 1. The van der Waals surface area contributed by atoms with E-state index in [-0.39, 0.29) is 5.70 Å². The first-order chi connectivity index (χ1) is 12.1. The lowest BCUT2D eigenvalue weighted by molar-refractivity contribution is -0.434. The average Bonchev–Trinajstić information content (AvgIpc) is 2.61. The predicted octanol–water partition coefficient (Wildman–Crippen LogP) is 3.93. The van der Waals surface area contributed by atoms with Gasteiger partial charge in [-0.1, -0.05) is 28.1 Å². The van der Waals surface area contributed by atoms with Gasteiger partial charge < -0.3 is 15.2 Å². The number of benzene rings is 2. The summed E-state index contributed by atoms with van der Waals surface area (Å²) in [5.74, 6) is 1.22. The molecule has 0 spiro atoms. The zero-order valence-electron chi connectivity index (χ0n) is 13.4. The molecule has 7 heteroatoms. The van der Waals surface area contributed by atoms with Crippen molar-refractivity contribution in [3.8, 4) is 11.5 Å². The second-order valence-corrected chi connectivity index (χ2v) is 6.48. The fourth-order valence-electron chi connectivity index (χ4n) is 2.56. The molecule has 130 valence electrons. The Bertz CT molecular complexity index is 805. The lowest BCUT2D eigenvalue weighted by atomic mass is 10.0. The van der Waals surface area contributed by atoms with Gasteiger partial charge in [-0.2, -0.15) is 0 Å². The van der Waals surface area contributed by atoms with Crippen molar-refractivity contribution >= 4 is 22.0 Å². The van der Waals surface area contributed by atoms with Crippen molar-refractivity contribution in [1.82, 2.24) is 0 Å². The molecule has 0 saturated heterocycles. The largest absolute Gasteiger partial charge is 0.494 e. The van der Waals surface area contributed by atoms with Crippen molar-refractivity contribution in [2.24, 2.45) is 5.73 Å². The van der Waals surface area contributed by atoms with Crippen LogP contribution in [-0.2, 0) is 0 Å². The van der Waals surface area contributed by atoms with Crippen LogP contribution in [0, 0.1) is 10.1 Å². The molecule has 0 aliphatic carbocycles. The lowest BCUT2D eigenvalue weighted by Gasteiger charge is -2.23. The summed E-state index contributed by atoms with van der Waals surface area (Å²) in [5.41, 5.74) is 6.79. The molecule has 0 saturated carbocycles. The smallest absolute Gasteiger partial charge is 0.291 e. The summed E-state index contributed by atoms with van der Waals surface area (Å²) in [6, 6.07) is 12.6. The van der Waals surface area contributed by atoms with E-state index in [1.807, 2.05) is 12.1 Å². The fraction of sp³-hybridized carbons (Fsp3) is 0.222. The first-order valence-corrected chi connectivity index (χ1v) is 8.63. The van der Waals surface area contributed by atoms with Crippen molar-refractivity contribution in [2.75, 3.05) is 13.2 Å². The Labute approximate surface area is 153 Å². The molecular formula is C18H17BrN2O4. The molecular weight excluding hydrogens is 388 g/mol. The molecule has 3 rings (SSSR count). The highest BCUT2D eigenvalue weighted by molar-refractivity contribution is 9.10. The van der Waals surface area contributed by atoms with Crippen LogP contribution in [0.15, 0.2) is 52.6 Å². The first kappa shape index (κ1) is 17.4. The van der Waals surface area contributed by atoms with Crippen molar-refractivity contribution in [3.63, 3.8) is 0 Å². The molecule has 1 aliphatic heterocycles. The van der Waals surface area contributed by atoms with Crippen LogP contribution in [-0.4, -0.2) is 18.1 Å². The minimum atomic E-state index is -0.750. The van der Waals surface area contributed by atoms with Crippen LogP contribution in [0.4, 0.5) is 0 Å². The second kappa shape index (κ2) is 7.67. The van der Waals surface area contributed by atoms with Gasteiger partial charge in [0, 0.05) is 21.7 Å². The van der Waals surface area contributed by atoms with Gasteiger partial charge in [0.05, 0.1) is 11.5 Å². The Balaban J connectivity index is 1.91. The van der Waals surface area contributed by atoms with Crippen molar-refractivity contribution in [1.29, 1.82) is 0 Å². The Morgan fingerprint density at radius 1 is 1.24 bits per heavy atom.